The van der Waals surface area contributed by atoms with Gasteiger partial charge in [-0.3, -0.25) is 0 Å². The van der Waals surface area contributed by atoms with Gasteiger partial charge < -0.3 is 19.2 Å². The van der Waals surface area contributed by atoms with Crippen molar-refractivity contribution < 1.29 is 19.1 Å². The van der Waals surface area contributed by atoms with Crippen LogP contribution in [0, 0.1) is 0 Å². The van der Waals surface area contributed by atoms with E-state index in [0.717, 1.165) is 0 Å². The van der Waals surface area contributed by atoms with Crippen molar-refractivity contribution >= 4 is 6.09 Å². The standard InChI is InChI=1S/C12H18N2O4/c1-11(2,3)18-10(15)14-5-4-12(16,7-14)9-6-13-8-17-9/h6,8,16H,4-5,7H2,1-3H3. The number of carbonyl (C=O) groups is 1. The van der Waals surface area contributed by atoms with Crippen LogP contribution in [0.5, 0.6) is 0 Å². The molecule has 1 atom stereocenters. The van der Waals surface area contributed by atoms with Gasteiger partial charge in [-0.15, -0.1) is 0 Å². The molecular formula is C12H18N2O4. The van der Waals surface area contributed by atoms with E-state index in [1.54, 1.807) is 0 Å². The predicted octanol–water partition coefficient (Wildman–Crippen LogP) is 1.50. The quantitative estimate of drug-likeness (QED) is 0.822. The lowest BCUT2D eigenvalue weighted by molar-refractivity contribution is 0.00578. The summed E-state index contributed by atoms with van der Waals surface area (Å²) in [6.07, 6.45) is 2.74. The Morgan fingerprint density at radius 3 is 2.89 bits per heavy atom. The third-order valence-electron chi connectivity index (χ3n) is 2.79. The monoisotopic (exact) mass is 254 g/mol. The number of aliphatic hydroxyl groups is 1. The number of hydrogen-bond acceptors (Lipinski definition) is 5. The van der Waals surface area contributed by atoms with Crippen LogP contribution >= 0.6 is 0 Å². The van der Waals surface area contributed by atoms with Crippen LogP contribution in [0.2, 0.25) is 0 Å². The van der Waals surface area contributed by atoms with Crippen LogP contribution in [0.15, 0.2) is 17.0 Å². The number of aromatic nitrogens is 1. The van der Waals surface area contributed by atoms with Crippen molar-refractivity contribution in [1.29, 1.82) is 0 Å². The first-order valence-electron chi connectivity index (χ1n) is 5.89. The third kappa shape index (κ3) is 2.64. The fourth-order valence-corrected chi connectivity index (χ4v) is 1.92. The van der Waals surface area contributed by atoms with E-state index in [2.05, 4.69) is 4.98 Å². The molecular weight excluding hydrogens is 236 g/mol. The van der Waals surface area contributed by atoms with E-state index in [1.807, 2.05) is 20.8 Å². The van der Waals surface area contributed by atoms with Gasteiger partial charge in [0.15, 0.2) is 12.2 Å². The maximum atomic E-state index is 11.9. The lowest BCUT2D eigenvalue weighted by atomic mass is 10.0. The van der Waals surface area contributed by atoms with E-state index in [1.165, 1.54) is 17.5 Å². The highest BCUT2D eigenvalue weighted by Crippen LogP contribution is 2.32. The second kappa shape index (κ2) is 4.28. The first kappa shape index (κ1) is 12.9. The van der Waals surface area contributed by atoms with Crippen molar-refractivity contribution in [2.24, 2.45) is 0 Å². The van der Waals surface area contributed by atoms with Crippen LogP contribution in [0.3, 0.4) is 0 Å². The van der Waals surface area contributed by atoms with Gasteiger partial charge in [0.2, 0.25) is 0 Å². The minimum Gasteiger partial charge on any atom is -0.445 e. The van der Waals surface area contributed by atoms with Gasteiger partial charge in [0.05, 0.1) is 12.7 Å². The molecule has 1 aliphatic heterocycles. The summed E-state index contributed by atoms with van der Waals surface area (Å²) in [6, 6.07) is 0. The van der Waals surface area contributed by atoms with Crippen molar-refractivity contribution in [3.8, 4) is 0 Å². The number of hydrogen-bond donors (Lipinski definition) is 1. The summed E-state index contributed by atoms with van der Waals surface area (Å²) in [5, 5.41) is 10.4. The van der Waals surface area contributed by atoms with Crippen LogP contribution in [0.4, 0.5) is 4.79 Å². The molecule has 0 aliphatic carbocycles. The van der Waals surface area contributed by atoms with Crippen molar-refractivity contribution in [2.45, 2.75) is 38.4 Å². The number of nitrogens with zero attached hydrogens (tertiary/aromatic N) is 2. The Hall–Kier alpha value is -1.56. The third-order valence-corrected chi connectivity index (χ3v) is 2.79. The van der Waals surface area contributed by atoms with Gasteiger partial charge in [0, 0.05) is 13.0 Å². The Bertz CT molecular complexity index is 424. The molecule has 1 amide bonds. The molecule has 18 heavy (non-hydrogen) atoms. The Morgan fingerprint density at radius 1 is 1.61 bits per heavy atom. The molecule has 1 aromatic rings. The summed E-state index contributed by atoms with van der Waals surface area (Å²) in [7, 11) is 0. The van der Waals surface area contributed by atoms with Gasteiger partial charge >= 0.3 is 6.09 Å². The predicted molar refractivity (Wildman–Crippen MR) is 62.8 cm³/mol. The van der Waals surface area contributed by atoms with Crippen LogP contribution in [-0.4, -0.2) is 39.8 Å². The molecule has 2 rings (SSSR count). The summed E-state index contributed by atoms with van der Waals surface area (Å²) in [5.74, 6) is 0.383. The highest BCUT2D eigenvalue weighted by Gasteiger charge is 2.43. The average Bonchev–Trinajstić information content (AvgIpc) is 2.83. The zero-order valence-corrected chi connectivity index (χ0v) is 10.8. The normalized spacial score (nSPS) is 24.3. The molecule has 1 unspecified atom stereocenters. The number of rotatable bonds is 1. The molecule has 6 nitrogen and oxygen atoms in total. The second-order valence-corrected chi connectivity index (χ2v) is 5.55. The molecule has 1 aromatic heterocycles. The number of likely N-dealkylation sites (tertiary alicyclic amines) is 1. The van der Waals surface area contributed by atoms with Crippen molar-refractivity contribution in [3.63, 3.8) is 0 Å². The molecule has 0 saturated carbocycles. The summed E-state index contributed by atoms with van der Waals surface area (Å²) >= 11 is 0. The molecule has 0 spiro atoms. The van der Waals surface area contributed by atoms with Crippen LogP contribution in [0.25, 0.3) is 0 Å². The molecule has 1 saturated heterocycles. The highest BCUT2D eigenvalue weighted by atomic mass is 16.6. The molecule has 2 heterocycles. The Labute approximate surface area is 106 Å². The van der Waals surface area contributed by atoms with E-state index < -0.39 is 17.3 Å². The first-order valence-corrected chi connectivity index (χ1v) is 5.89. The second-order valence-electron chi connectivity index (χ2n) is 5.55. The van der Waals surface area contributed by atoms with Gasteiger partial charge in [0.1, 0.15) is 11.2 Å². The van der Waals surface area contributed by atoms with Crippen molar-refractivity contribution in [2.75, 3.05) is 13.1 Å². The van der Waals surface area contributed by atoms with Crippen LogP contribution in [0.1, 0.15) is 33.0 Å². The van der Waals surface area contributed by atoms with Crippen molar-refractivity contribution in [1.82, 2.24) is 9.88 Å². The summed E-state index contributed by atoms with van der Waals surface area (Å²) in [5.41, 5.74) is -1.70. The van der Waals surface area contributed by atoms with Gasteiger partial charge in [0.25, 0.3) is 0 Å². The highest BCUT2D eigenvalue weighted by molar-refractivity contribution is 5.68. The molecule has 1 N–H and O–H groups in total. The van der Waals surface area contributed by atoms with Gasteiger partial charge in [-0.1, -0.05) is 0 Å². The van der Waals surface area contributed by atoms with Crippen LogP contribution < -0.4 is 0 Å². The Kier molecular flexibility index (Phi) is 3.06. The number of carbonyl (C=O) groups excluding carboxylic acids is 1. The summed E-state index contributed by atoms with van der Waals surface area (Å²) in [6.45, 7) is 6.03. The Balaban J connectivity index is 2.02. The number of ether oxygens (including phenoxy) is 1. The lowest BCUT2D eigenvalue weighted by Crippen LogP contribution is -2.38. The smallest absolute Gasteiger partial charge is 0.410 e. The van der Waals surface area contributed by atoms with Gasteiger partial charge in [-0.05, 0) is 20.8 Å². The molecule has 0 aromatic carbocycles. The van der Waals surface area contributed by atoms with Crippen molar-refractivity contribution in [3.05, 3.63) is 18.4 Å². The zero-order chi connectivity index (χ0) is 13.4. The number of β-amino-alcohol motifs (C(OH)–C–C–N with tert-alkyl or cyclic N) is 1. The van der Waals surface area contributed by atoms with E-state index in [-0.39, 0.29) is 6.54 Å². The zero-order valence-electron chi connectivity index (χ0n) is 10.8. The average molecular weight is 254 g/mol. The lowest BCUT2D eigenvalue weighted by Gasteiger charge is -2.25. The van der Waals surface area contributed by atoms with E-state index in [9.17, 15) is 9.90 Å². The summed E-state index contributed by atoms with van der Waals surface area (Å²) in [4.78, 5) is 17.1. The molecule has 6 heteroatoms. The van der Waals surface area contributed by atoms with Gasteiger partial charge in [-0.2, -0.15) is 0 Å². The molecule has 1 fully saturated rings. The summed E-state index contributed by atoms with van der Waals surface area (Å²) < 4.78 is 10.4. The maximum Gasteiger partial charge on any atom is 0.410 e. The fourth-order valence-electron chi connectivity index (χ4n) is 1.92. The number of amides is 1. The van der Waals surface area contributed by atoms with E-state index in [4.69, 9.17) is 9.15 Å². The minimum atomic E-state index is -1.16. The van der Waals surface area contributed by atoms with E-state index >= 15 is 0 Å². The molecule has 0 bridgehead atoms. The Morgan fingerprint density at radius 2 is 2.33 bits per heavy atom. The number of oxazole rings is 1. The maximum absolute atomic E-state index is 11.9. The fraction of sp³-hybridized carbons (Fsp3) is 0.667. The topological polar surface area (TPSA) is 75.8 Å². The first-order chi connectivity index (χ1) is 8.30. The SMILES string of the molecule is CC(C)(C)OC(=O)N1CCC(O)(c2cnco2)C1. The van der Waals surface area contributed by atoms with E-state index in [0.29, 0.717) is 18.7 Å². The molecule has 100 valence electrons. The van der Waals surface area contributed by atoms with Gasteiger partial charge in [-0.25, -0.2) is 9.78 Å². The minimum absolute atomic E-state index is 0.164. The van der Waals surface area contributed by atoms with Crippen LogP contribution in [-0.2, 0) is 10.3 Å². The largest absolute Gasteiger partial charge is 0.445 e. The molecule has 1 aliphatic rings. The molecule has 0 radical (unpaired) electrons.